The van der Waals surface area contributed by atoms with Gasteiger partial charge in [-0.15, -0.1) is 0 Å². The highest BCUT2D eigenvalue weighted by molar-refractivity contribution is 5.64. The number of anilines is 1. The minimum atomic E-state index is 0.296. The summed E-state index contributed by atoms with van der Waals surface area (Å²) < 4.78 is 0. The number of hydrogen-bond acceptors (Lipinski definition) is 3. The van der Waals surface area contributed by atoms with Crippen LogP contribution in [0, 0.1) is 5.41 Å². The summed E-state index contributed by atoms with van der Waals surface area (Å²) in [6.07, 6.45) is 7.45. The number of para-hydroxylation sites is 1. The first kappa shape index (κ1) is 13.4. The van der Waals surface area contributed by atoms with E-state index < -0.39 is 0 Å². The third-order valence-electron chi connectivity index (χ3n) is 7.29. The van der Waals surface area contributed by atoms with E-state index in [1.54, 1.807) is 5.56 Å². The molecule has 3 heteroatoms. The van der Waals surface area contributed by atoms with Gasteiger partial charge in [-0.3, -0.25) is 4.90 Å². The molecule has 0 aromatic heterocycles. The largest absolute Gasteiger partial charge is 0.396 e. The molecular formula is C19H26N2O. The Kier molecular flexibility index (Phi) is 2.73. The van der Waals surface area contributed by atoms with Gasteiger partial charge in [-0.1, -0.05) is 18.2 Å². The Morgan fingerprint density at radius 2 is 2.09 bits per heavy atom. The quantitative estimate of drug-likeness (QED) is 0.881. The maximum absolute atomic E-state index is 9.74. The van der Waals surface area contributed by atoms with Crippen LogP contribution in [0.4, 0.5) is 5.69 Å². The van der Waals surface area contributed by atoms with E-state index in [0.29, 0.717) is 29.5 Å². The van der Waals surface area contributed by atoms with Crippen LogP contribution in [-0.2, 0) is 5.41 Å². The number of aliphatic hydroxyl groups excluding tert-OH is 1. The van der Waals surface area contributed by atoms with Crippen LogP contribution in [0.25, 0.3) is 0 Å². The molecule has 118 valence electrons. The van der Waals surface area contributed by atoms with Gasteiger partial charge in [0.05, 0.1) is 0 Å². The number of fused-ring (bicyclic) bond motifs is 1. The van der Waals surface area contributed by atoms with Crippen molar-refractivity contribution in [2.75, 3.05) is 25.0 Å². The second kappa shape index (κ2) is 4.48. The van der Waals surface area contributed by atoms with Crippen LogP contribution in [0.2, 0.25) is 0 Å². The molecular weight excluding hydrogens is 272 g/mol. The van der Waals surface area contributed by atoms with Crippen LogP contribution in [-0.4, -0.2) is 41.8 Å². The van der Waals surface area contributed by atoms with Crippen molar-refractivity contribution in [2.24, 2.45) is 5.41 Å². The van der Waals surface area contributed by atoms with Gasteiger partial charge in [0.25, 0.3) is 0 Å². The summed E-state index contributed by atoms with van der Waals surface area (Å²) in [6, 6.07) is 10.2. The molecule has 3 fully saturated rings. The number of nitrogens with one attached hydrogen (secondary N) is 1. The molecule has 22 heavy (non-hydrogen) atoms. The lowest BCUT2D eigenvalue weighted by atomic mass is 9.52. The van der Waals surface area contributed by atoms with Gasteiger partial charge in [0.15, 0.2) is 0 Å². The van der Waals surface area contributed by atoms with Crippen LogP contribution in [0.1, 0.15) is 44.1 Å². The van der Waals surface area contributed by atoms with Crippen molar-refractivity contribution < 1.29 is 5.11 Å². The van der Waals surface area contributed by atoms with Crippen molar-refractivity contribution in [3.05, 3.63) is 29.8 Å². The van der Waals surface area contributed by atoms with E-state index in [4.69, 9.17) is 0 Å². The molecule has 1 saturated carbocycles. The fourth-order valence-electron chi connectivity index (χ4n) is 6.66. The second-order valence-corrected chi connectivity index (χ2v) is 7.95. The third kappa shape index (κ3) is 1.45. The molecule has 4 aliphatic rings. The monoisotopic (exact) mass is 298 g/mol. The van der Waals surface area contributed by atoms with Gasteiger partial charge in [-0.2, -0.15) is 0 Å². The zero-order valence-corrected chi connectivity index (χ0v) is 13.2. The fourth-order valence-corrected chi connectivity index (χ4v) is 6.66. The number of aliphatic hydroxyl groups is 1. The van der Waals surface area contributed by atoms with Crippen LogP contribution >= 0.6 is 0 Å². The Bertz CT molecular complexity index is 599. The minimum absolute atomic E-state index is 0.296. The van der Waals surface area contributed by atoms with Gasteiger partial charge in [0.2, 0.25) is 0 Å². The van der Waals surface area contributed by atoms with Crippen LogP contribution in [0.3, 0.4) is 0 Å². The average Bonchev–Trinajstić information content (AvgIpc) is 3.09. The van der Waals surface area contributed by atoms with Crippen molar-refractivity contribution in [1.82, 2.24) is 4.90 Å². The summed E-state index contributed by atoms with van der Waals surface area (Å²) >= 11 is 0. The lowest BCUT2D eigenvalue weighted by Crippen LogP contribution is -2.63. The summed E-state index contributed by atoms with van der Waals surface area (Å²) in [5, 5.41) is 13.6. The van der Waals surface area contributed by atoms with E-state index in [2.05, 4.69) is 34.5 Å². The van der Waals surface area contributed by atoms with E-state index in [-0.39, 0.29) is 0 Å². The Labute approximate surface area is 132 Å². The van der Waals surface area contributed by atoms with Gasteiger partial charge in [0, 0.05) is 29.8 Å². The molecule has 3 nitrogen and oxygen atoms in total. The third-order valence-corrected chi connectivity index (χ3v) is 7.29. The van der Waals surface area contributed by atoms with Gasteiger partial charge in [-0.25, -0.2) is 0 Å². The van der Waals surface area contributed by atoms with E-state index in [1.807, 2.05) is 0 Å². The maximum Gasteiger partial charge on any atom is 0.0436 e. The molecule has 0 bridgehead atoms. The molecule has 2 N–H and O–H groups in total. The topological polar surface area (TPSA) is 35.5 Å². The summed E-state index contributed by atoms with van der Waals surface area (Å²) in [7, 11) is 0. The highest BCUT2D eigenvalue weighted by Gasteiger charge is 2.66. The molecule has 0 amide bonds. The zero-order chi connectivity index (χ0) is 14.8. The Morgan fingerprint density at radius 3 is 3.00 bits per heavy atom. The molecule has 1 aliphatic carbocycles. The van der Waals surface area contributed by atoms with Crippen molar-refractivity contribution in [3.63, 3.8) is 0 Å². The predicted molar refractivity (Wildman–Crippen MR) is 88.1 cm³/mol. The minimum Gasteiger partial charge on any atom is -0.396 e. The number of nitrogens with zero attached hydrogens (tertiary/aromatic N) is 1. The molecule has 2 unspecified atom stereocenters. The van der Waals surface area contributed by atoms with Crippen molar-refractivity contribution in [1.29, 1.82) is 0 Å². The van der Waals surface area contributed by atoms with E-state index in [0.717, 1.165) is 6.42 Å². The van der Waals surface area contributed by atoms with Crippen molar-refractivity contribution in [2.45, 2.75) is 56.0 Å². The number of hydrogen-bond donors (Lipinski definition) is 2. The molecule has 4 atom stereocenters. The molecule has 5 rings (SSSR count). The average molecular weight is 298 g/mol. The van der Waals surface area contributed by atoms with Gasteiger partial charge >= 0.3 is 0 Å². The zero-order valence-electron chi connectivity index (χ0n) is 13.2. The smallest absolute Gasteiger partial charge is 0.0436 e. The summed E-state index contributed by atoms with van der Waals surface area (Å²) in [4.78, 5) is 2.77. The van der Waals surface area contributed by atoms with E-state index in [1.165, 1.54) is 50.9 Å². The normalized spacial score (nSPS) is 42.4. The first-order valence-electron chi connectivity index (χ1n) is 9.01. The Morgan fingerprint density at radius 1 is 1.18 bits per heavy atom. The standard InChI is InChI=1S/C19H26N2O/c22-13-10-18-7-3-11-21-12-9-19(17(18)21)14-4-1-2-5-15(14)20-16(19)6-8-18/h1-2,4-5,16-17,20,22H,3,6-13H2/t16?,17?,18-,19-/m1/s1. The molecule has 1 aromatic rings. The highest BCUT2D eigenvalue weighted by Crippen LogP contribution is 2.63. The summed E-state index contributed by atoms with van der Waals surface area (Å²) in [5.74, 6) is 0. The molecule has 2 saturated heterocycles. The highest BCUT2D eigenvalue weighted by atomic mass is 16.3. The first-order chi connectivity index (χ1) is 10.8. The Hall–Kier alpha value is -1.06. The van der Waals surface area contributed by atoms with Crippen LogP contribution in [0.15, 0.2) is 24.3 Å². The molecule has 1 spiro atoms. The molecule has 3 heterocycles. The number of benzene rings is 1. The summed E-state index contributed by atoms with van der Waals surface area (Å²) in [6.45, 7) is 2.85. The number of rotatable bonds is 2. The van der Waals surface area contributed by atoms with Crippen molar-refractivity contribution in [3.8, 4) is 0 Å². The number of piperidine rings is 1. The molecule has 0 radical (unpaired) electrons. The predicted octanol–water partition coefficient (Wildman–Crippen LogP) is 2.75. The lowest BCUT2D eigenvalue weighted by Gasteiger charge is -2.58. The summed E-state index contributed by atoms with van der Waals surface area (Å²) in [5.41, 5.74) is 3.58. The SMILES string of the molecule is OCC[C@@]12CCCN3CC[C@]4(c5ccccc5NC4CC1)C32. The first-order valence-corrected chi connectivity index (χ1v) is 9.01. The van der Waals surface area contributed by atoms with Gasteiger partial charge in [0.1, 0.15) is 0 Å². The van der Waals surface area contributed by atoms with Crippen LogP contribution < -0.4 is 5.32 Å². The maximum atomic E-state index is 9.74. The Balaban J connectivity index is 1.69. The molecule has 3 aliphatic heterocycles. The molecule has 1 aromatic carbocycles. The van der Waals surface area contributed by atoms with Gasteiger partial charge < -0.3 is 10.4 Å². The van der Waals surface area contributed by atoms with Crippen LogP contribution in [0.5, 0.6) is 0 Å². The van der Waals surface area contributed by atoms with Gasteiger partial charge in [-0.05, 0) is 68.7 Å². The van der Waals surface area contributed by atoms with E-state index in [9.17, 15) is 5.11 Å². The second-order valence-electron chi connectivity index (χ2n) is 7.95. The lowest BCUT2D eigenvalue weighted by molar-refractivity contribution is -0.0422. The van der Waals surface area contributed by atoms with E-state index >= 15 is 0 Å². The van der Waals surface area contributed by atoms with Crippen molar-refractivity contribution >= 4 is 5.69 Å². The fraction of sp³-hybridized carbons (Fsp3) is 0.684.